The first-order valence-electron chi connectivity index (χ1n) is 7.87. The third-order valence-corrected chi connectivity index (χ3v) is 3.60. The number of alkyl halides is 3. The molecule has 1 amide bonds. The lowest BCUT2D eigenvalue weighted by atomic mass is 10.0. The fourth-order valence-corrected chi connectivity index (χ4v) is 2.33. The Labute approximate surface area is 143 Å². The van der Waals surface area contributed by atoms with Crippen LogP contribution in [0.15, 0.2) is 18.2 Å². The van der Waals surface area contributed by atoms with Gasteiger partial charge in [0, 0.05) is 24.6 Å². The number of carbonyl (C=O) groups excluding carboxylic acids is 1. The van der Waals surface area contributed by atoms with E-state index in [0.29, 0.717) is 25.8 Å². The highest BCUT2D eigenvalue weighted by molar-refractivity contribution is 5.69. The zero-order chi connectivity index (χ0) is 18.8. The Balaban J connectivity index is 1.73. The van der Waals surface area contributed by atoms with Crippen LogP contribution >= 0.6 is 0 Å². The summed E-state index contributed by atoms with van der Waals surface area (Å²) in [6.45, 7) is 6.47. The Bertz CT molecular complexity index is 619. The van der Waals surface area contributed by atoms with Gasteiger partial charge >= 0.3 is 12.3 Å². The van der Waals surface area contributed by atoms with Crippen LogP contribution in [-0.2, 0) is 22.3 Å². The van der Waals surface area contributed by atoms with Gasteiger partial charge in [0.1, 0.15) is 11.4 Å². The molecule has 1 aromatic rings. The van der Waals surface area contributed by atoms with Crippen molar-refractivity contribution in [3.05, 3.63) is 35.1 Å². The number of hydrogen-bond donors (Lipinski definition) is 0. The molecule has 25 heavy (non-hydrogen) atoms. The fraction of sp³-hybridized carbons (Fsp3) is 0.588. The molecule has 0 spiro atoms. The molecule has 1 aromatic carbocycles. The summed E-state index contributed by atoms with van der Waals surface area (Å²) >= 11 is 0. The van der Waals surface area contributed by atoms with Crippen molar-refractivity contribution < 1.29 is 31.8 Å². The normalized spacial score (nSPS) is 15.9. The van der Waals surface area contributed by atoms with Crippen LogP contribution in [0.1, 0.15) is 31.9 Å². The molecule has 0 aromatic heterocycles. The minimum atomic E-state index is -4.57. The van der Waals surface area contributed by atoms with E-state index < -0.39 is 29.3 Å². The van der Waals surface area contributed by atoms with Gasteiger partial charge in [0.2, 0.25) is 0 Å². The molecule has 8 heteroatoms. The van der Waals surface area contributed by atoms with E-state index >= 15 is 0 Å². The van der Waals surface area contributed by atoms with Crippen molar-refractivity contribution in [2.75, 3.05) is 19.7 Å². The first-order chi connectivity index (χ1) is 11.5. The van der Waals surface area contributed by atoms with Crippen LogP contribution in [0.4, 0.5) is 22.4 Å². The van der Waals surface area contributed by atoms with E-state index in [-0.39, 0.29) is 18.1 Å². The first kappa shape index (κ1) is 19.5. The molecule has 4 nitrogen and oxygen atoms in total. The van der Waals surface area contributed by atoms with Crippen LogP contribution in [0.2, 0.25) is 0 Å². The number of halogens is 4. The topological polar surface area (TPSA) is 38.8 Å². The predicted molar refractivity (Wildman–Crippen MR) is 82.4 cm³/mol. The van der Waals surface area contributed by atoms with Crippen molar-refractivity contribution >= 4 is 6.09 Å². The quantitative estimate of drug-likeness (QED) is 0.752. The van der Waals surface area contributed by atoms with E-state index in [1.54, 1.807) is 20.8 Å². The summed E-state index contributed by atoms with van der Waals surface area (Å²) in [4.78, 5) is 13.3. The molecule has 1 heterocycles. The van der Waals surface area contributed by atoms with Crippen molar-refractivity contribution in [3.63, 3.8) is 0 Å². The highest BCUT2D eigenvalue weighted by Gasteiger charge is 2.34. The average Bonchev–Trinajstić information content (AvgIpc) is 2.39. The minimum Gasteiger partial charge on any atom is -0.444 e. The van der Waals surface area contributed by atoms with Crippen molar-refractivity contribution in [3.8, 4) is 0 Å². The molecule has 1 aliphatic heterocycles. The number of hydrogen-bond acceptors (Lipinski definition) is 3. The summed E-state index contributed by atoms with van der Waals surface area (Å²) in [5, 5.41) is 0. The molecule has 1 aliphatic rings. The molecular formula is C17H21F4NO3. The fourth-order valence-electron chi connectivity index (χ4n) is 2.33. The second-order valence-corrected chi connectivity index (χ2v) is 7.07. The van der Waals surface area contributed by atoms with Crippen LogP contribution in [0, 0.1) is 11.7 Å². The molecule has 0 saturated carbocycles. The summed E-state index contributed by atoms with van der Waals surface area (Å²) in [5.74, 6) is -0.844. The first-order valence-corrected chi connectivity index (χ1v) is 7.87. The van der Waals surface area contributed by atoms with E-state index in [4.69, 9.17) is 9.47 Å². The van der Waals surface area contributed by atoms with Crippen molar-refractivity contribution in [1.29, 1.82) is 0 Å². The van der Waals surface area contributed by atoms with Gasteiger partial charge in [0.05, 0.1) is 18.8 Å². The van der Waals surface area contributed by atoms with E-state index in [1.165, 1.54) is 4.90 Å². The number of ether oxygens (including phenoxy) is 2. The van der Waals surface area contributed by atoms with Crippen LogP contribution in [-0.4, -0.2) is 36.3 Å². The van der Waals surface area contributed by atoms with E-state index in [0.717, 1.165) is 12.1 Å². The summed E-state index contributed by atoms with van der Waals surface area (Å²) < 4.78 is 61.7. The second-order valence-electron chi connectivity index (χ2n) is 7.07. The largest absolute Gasteiger partial charge is 0.444 e. The molecular weight excluding hydrogens is 342 g/mol. The molecule has 0 atom stereocenters. The minimum absolute atomic E-state index is 0.0660. The average molecular weight is 363 g/mol. The molecule has 0 N–H and O–H groups in total. The molecule has 0 radical (unpaired) electrons. The monoisotopic (exact) mass is 363 g/mol. The Kier molecular flexibility index (Phi) is 5.61. The lowest BCUT2D eigenvalue weighted by Crippen LogP contribution is -2.53. The summed E-state index contributed by atoms with van der Waals surface area (Å²) in [7, 11) is 0. The van der Waals surface area contributed by atoms with Crippen molar-refractivity contribution in [2.45, 2.75) is 39.2 Å². The van der Waals surface area contributed by atoms with Crippen LogP contribution in [0.3, 0.4) is 0 Å². The highest BCUT2D eigenvalue weighted by Crippen LogP contribution is 2.30. The number of carbonyl (C=O) groups is 1. The van der Waals surface area contributed by atoms with Gasteiger partial charge in [-0.25, -0.2) is 9.18 Å². The van der Waals surface area contributed by atoms with Crippen LogP contribution < -0.4 is 0 Å². The van der Waals surface area contributed by atoms with Crippen LogP contribution in [0.25, 0.3) is 0 Å². The maximum atomic E-state index is 13.7. The Hall–Kier alpha value is -1.83. The molecule has 0 unspecified atom stereocenters. The maximum Gasteiger partial charge on any atom is 0.416 e. The van der Waals surface area contributed by atoms with Gasteiger partial charge in [-0.15, -0.1) is 0 Å². The Morgan fingerprint density at radius 1 is 1.24 bits per heavy atom. The van der Waals surface area contributed by atoms with Gasteiger partial charge in [-0.1, -0.05) is 6.07 Å². The summed E-state index contributed by atoms with van der Waals surface area (Å²) in [6.07, 6.45) is -4.96. The summed E-state index contributed by atoms with van der Waals surface area (Å²) in [5.41, 5.74) is -1.52. The van der Waals surface area contributed by atoms with Gasteiger partial charge in [-0.05, 0) is 32.9 Å². The maximum absolute atomic E-state index is 13.7. The third-order valence-electron chi connectivity index (χ3n) is 3.60. The predicted octanol–water partition coefficient (Wildman–Crippen LogP) is 4.23. The Morgan fingerprint density at radius 2 is 1.88 bits per heavy atom. The van der Waals surface area contributed by atoms with Crippen LogP contribution in [0.5, 0.6) is 0 Å². The van der Waals surface area contributed by atoms with Gasteiger partial charge in [-0.2, -0.15) is 13.2 Å². The molecule has 1 fully saturated rings. The summed E-state index contributed by atoms with van der Waals surface area (Å²) in [6, 6.07) is 2.37. The third kappa shape index (κ3) is 5.59. The molecule has 0 bridgehead atoms. The molecule has 0 aliphatic carbocycles. The number of likely N-dealkylation sites (tertiary alicyclic amines) is 1. The number of amides is 1. The highest BCUT2D eigenvalue weighted by atomic mass is 19.4. The van der Waals surface area contributed by atoms with E-state index in [2.05, 4.69) is 0 Å². The number of nitrogens with zero attached hydrogens (tertiary/aromatic N) is 1. The van der Waals surface area contributed by atoms with E-state index in [1.807, 2.05) is 0 Å². The van der Waals surface area contributed by atoms with Gasteiger partial charge in [-0.3, -0.25) is 0 Å². The lowest BCUT2D eigenvalue weighted by molar-refractivity contribution is -0.137. The SMILES string of the molecule is CC(C)(C)OC(=O)N1CC(COCc2ccc(C(F)(F)F)cc2F)C1. The molecule has 140 valence electrons. The molecule has 2 rings (SSSR count). The number of rotatable bonds is 4. The number of benzene rings is 1. The lowest BCUT2D eigenvalue weighted by Gasteiger charge is -2.39. The smallest absolute Gasteiger partial charge is 0.416 e. The van der Waals surface area contributed by atoms with Crippen molar-refractivity contribution in [2.24, 2.45) is 5.92 Å². The van der Waals surface area contributed by atoms with Gasteiger partial charge < -0.3 is 14.4 Å². The van der Waals surface area contributed by atoms with Crippen molar-refractivity contribution in [1.82, 2.24) is 4.90 Å². The van der Waals surface area contributed by atoms with Gasteiger partial charge in [0.25, 0.3) is 0 Å². The Morgan fingerprint density at radius 3 is 2.40 bits per heavy atom. The zero-order valence-electron chi connectivity index (χ0n) is 14.3. The standard InChI is InChI=1S/C17H21F4NO3/c1-16(2,3)25-15(23)22-7-11(8-22)9-24-10-12-4-5-13(6-14(12)18)17(19,20)21/h4-6,11H,7-10H2,1-3H3. The van der Waals surface area contributed by atoms with Gasteiger partial charge in [0.15, 0.2) is 0 Å². The second kappa shape index (κ2) is 7.19. The molecule has 1 saturated heterocycles. The van der Waals surface area contributed by atoms with E-state index in [9.17, 15) is 22.4 Å². The zero-order valence-corrected chi connectivity index (χ0v) is 14.3.